The fraction of sp³-hybridized carbons (Fsp3) is 0.107. The van der Waals surface area contributed by atoms with E-state index in [4.69, 9.17) is 0 Å². The van der Waals surface area contributed by atoms with E-state index in [1.54, 1.807) is 48.6 Å². The van der Waals surface area contributed by atoms with Crippen LogP contribution in [-0.2, 0) is 20.2 Å². The molecule has 3 aromatic carbocycles. The average Bonchev–Trinajstić information content (AvgIpc) is 3.12. The van der Waals surface area contributed by atoms with E-state index in [0.29, 0.717) is 11.4 Å². The Labute approximate surface area is 194 Å². The molecule has 1 spiro atoms. The molecular formula is C28H23NO3S. The molecule has 0 bridgehead atoms. The fourth-order valence-electron chi connectivity index (χ4n) is 4.49. The van der Waals surface area contributed by atoms with Gasteiger partial charge in [-0.15, -0.1) is 0 Å². The van der Waals surface area contributed by atoms with Crippen LogP contribution in [0.5, 0.6) is 0 Å². The van der Waals surface area contributed by atoms with Gasteiger partial charge in [0.25, 0.3) is 10.0 Å². The highest BCUT2D eigenvalue weighted by molar-refractivity contribution is 7.93. The molecule has 5 rings (SSSR count). The largest absolute Gasteiger partial charge is 0.293 e. The van der Waals surface area contributed by atoms with Gasteiger partial charge in [0.15, 0.2) is 5.78 Å². The van der Waals surface area contributed by atoms with Crippen molar-refractivity contribution in [1.29, 1.82) is 0 Å². The summed E-state index contributed by atoms with van der Waals surface area (Å²) >= 11 is 0. The zero-order valence-corrected chi connectivity index (χ0v) is 19.2. The highest BCUT2D eigenvalue weighted by atomic mass is 32.2. The maximum Gasteiger partial charge on any atom is 0.268 e. The van der Waals surface area contributed by atoms with Crippen molar-refractivity contribution in [3.8, 4) is 0 Å². The Bertz CT molecular complexity index is 1450. The van der Waals surface area contributed by atoms with Crippen molar-refractivity contribution >= 4 is 27.6 Å². The summed E-state index contributed by atoms with van der Waals surface area (Å²) < 4.78 is 29.6. The monoisotopic (exact) mass is 453 g/mol. The summed E-state index contributed by atoms with van der Waals surface area (Å²) in [6, 6.07) is 21.7. The molecule has 0 saturated carbocycles. The van der Waals surface area contributed by atoms with Crippen LogP contribution in [-0.4, -0.2) is 14.2 Å². The van der Waals surface area contributed by atoms with Gasteiger partial charge in [-0.25, -0.2) is 12.7 Å². The van der Waals surface area contributed by atoms with E-state index in [-0.39, 0.29) is 10.7 Å². The van der Waals surface area contributed by atoms with E-state index in [1.165, 1.54) is 10.4 Å². The summed E-state index contributed by atoms with van der Waals surface area (Å²) in [5.74, 6) is -0.169. The van der Waals surface area contributed by atoms with Gasteiger partial charge in [-0.2, -0.15) is 0 Å². The van der Waals surface area contributed by atoms with Crippen molar-refractivity contribution in [2.24, 2.45) is 0 Å². The Morgan fingerprint density at radius 1 is 0.788 bits per heavy atom. The minimum absolute atomic E-state index is 0.169. The van der Waals surface area contributed by atoms with Crippen LogP contribution in [0.2, 0.25) is 0 Å². The smallest absolute Gasteiger partial charge is 0.268 e. The lowest BCUT2D eigenvalue weighted by atomic mass is 9.74. The molecule has 2 aliphatic carbocycles. The number of carbonyl (C=O) groups is 1. The van der Waals surface area contributed by atoms with E-state index in [1.807, 2.05) is 62.4 Å². The predicted octanol–water partition coefficient (Wildman–Crippen LogP) is 5.49. The first kappa shape index (κ1) is 21.2. The van der Waals surface area contributed by atoms with Gasteiger partial charge in [-0.05, 0) is 61.4 Å². The van der Waals surface area contributed by atoms with Gasteiger partial charge in [0.2, 0.25) is 0 Å². The number of rotatable bonds is 4. The Kier molecular flexibility index (Phi) is 4.94. The lowest BCUT2D eigenvalue weighted by molar-refractivity contribution is -0.117. The van der Waals surface area contributed by atoms with Crippen molar-refractivity contribution in [2.75, 3.05) is 4.31 Å². The van der Waals surface area contributed by atoms with E-state index >= 15 is 0 Å². The second-order valence-corrected chi connectivity index (χ2v) is 10.2. The lowest BCUT2D eigenvalue weighted by Crippen LogP contribution is -2.44. The SMILES string of the molecule is Cc1ccc(N(C2=Cc3ccccc3[C@]23C=CC=CC3=O)S(=O)(=O)c2ccc(C)cc2)cc1. The number of allylic oxidation sites excluding steroid dienone is 4. The Hall–Kier alpha value is -3.70. The van der Waals surface area contributed by atoms with Gasteiger partial charge in [0.05, 0.1) is 16.3 Å². The summed E-state index contributed by atoms with van der Waals surface area (Å²) in [5.41, 5.74) is 3.26. The quantitative estimate of drug-likeness (QED) is 0.525. The zero-order chi connectivity index (χ0) is 23.2. The number of aryl methyl sites for hydroxylation is 2. The van der Waals surface area contributed by atoms with Crippen molar-refractivity contribution < 1.29 is 13.2 Å². The van der Waals surface area contributed by atoms with Crippen molar-refractivity contribution in [2.45, 2.75) is 24.2 Å². The molecule has 164 valence electrons. The molecule has 0 saturated heterocycles. The molecule has 4 nitrogen and oxygen atoms in total. The molecule has 0 heterocycles. The van der Waals surface area contributed by atoms with Crippen LogP contribution >= 0.6 is 0 Å². The molecule has 0 aromatic heterocycles. The van der Waals surface area contributed by atoms with Crippen LogP contribution in [0.4, 0.5) is 5.69 Å². The van der Waals surface area contributed by atoms with Crippen LogP contribution in [0.25, 0.3) is 6.08 Å². The summed E-state index contributed by atoms with van der Waals surface area (Å²) in [5, 5.41) is 0. The first-order chi connectivity index (χ1) is 15.8. The number of hydrogen-bond acceptors (Lipinski definition) is 3. The maximum absolute atomic E-state index is 14.1. The molecule has 0 unspecified atom stereocenters. The summed E-state index contributed by atoms with van der Waals surface area (Å²) in [7, 11) is -4.03. The highest BCUT2D eigenvalue weighted by Crippen LogP contribution is 2.49. The third kappa shape index (κ3) is 3.28. The molecule has 0 N–H and O–H groups in total. The van der Waals surface area contributed by atoms with Crippen LogP contribution in [0.3, 0.4) is 0 Å². The molecule has 0 radical (unpaired) electrons. The van der Waals surface area contributed by atoms with E-state index < -0.39 is 15.4 Å². The second-order valence-electron chi connectivity index (χ2n) is 8.43. The van der Waals surface area contributed by atoms with Crippen LogP contribution in [0, 0.1) is 13.8 Å². The normalized spacial score (nSPS) is 19.0. The van der Waals surface area contributed by atoms with E-state index in [0.717, 1.165) is 22.3 Å². The molecule has 2 aliphatic rings. The first-order valence-corrected chi connectivity index (χ1v) is 12.2. The highest BCUT2D eigenvalue weighted by Gasteiger charge is 2.50. The van der Waals surface area contributed by atoms with Crippen LogP contribution < -0.4 is 4.31 Å². The van der Waals surface area contributed by atoms with Crippen molar-refractivity contribution in [3.05, 3.63) is 125 Å². The van der Waals surface area contributed by atoms with Crippen LogP contribution in [0.1, 0.15) is 22.3 Å². The van der Waals surface area contributed by atoms with Crippen molar-refractivity contribution in [3.63, 3.8) is 0 Å². The number of anilines is 1. The third-order valence-electron chi connectivity index (χ3n) is 6.22. The van der Waals surface area contributed by atoms with E-state index in [9.17, 15) is 13.2 Å². The van der Waals surface area contributed by atoms with Gasteiger partial charge < -0.3 is 0 Å². The third-order valence-corrected chi connectivity index (χ3v) is 7.98. The molecule has 1 atom stereocenters. The first-order valence-electron chi connectivity index (χ1n) is 10.7. The Morgan fingerprint density at radius 2 is 1.42 bits per heavy atom. The van der Waals surface area contributed by atoms with Crippen LogP contribution in [0.15, 0.2) is 108 Å². The standard InChI is InChI=1S/C28H23NO3S/c1-20-10-14-23(15-11-20)29(33(31,32)24-16-12-21(2)13-17-24)26-19-22-7-3-4-8-25(22)28(26)18-6-5-9-27(28)30/h3-19H,1-2H3/t28-/m1/s1. The maximum atomic E-state index is 14.1. The molecule has 3 aromatic rings. The Morgan fingerprint density at radius 3 is 2.09 bits per heavy atom. The number of nitrogens with zero attached hydrogens (tertiary/aromatic N) is 1. The number of fused-ring (bicyclic) bond motifs is 2. The van der Waals surface area contributed by atoms with Gasteiger partial charge in [-0.3, -0.25) is 4.79 Å². The van der Waals surface area contributed by atoms with Gasteiger partial charge in [-0.1, -0.05) is 77.9 Å². The number of carbonyl (C=O) groups excluding carboxylic acids is 1. The molecule has 0 aliphatic heterocycles. The minimum atomic E-state index is -4.03. The minimum Gasteiger partial charge on any atom is -0.293 e. The molecule has 33 heavy (non-hydrogen) atoms. The fourth-order valence-corrected chi connectivity index (χ4v) is 6.04. The van der Waals surface area contributed by atoms with Crippen molar-refractivity contribution in [1.82, 2.24) is 0 Å². The molecule has 5 heteroatoms. The summed E-state index contributed by atoms with van der Waals surface area (Å²) in [6.07, 6.45) is 8.64. The van der Waals surface area contributed by atoms with E-state index in [2.05, 4.69) is 0 Å². The summed E-state index contributed by atoms with van der Waals surface area (Å²) in [6.45, 7) is 3.87. The van der Waals surface area contributed by atoms with Gasteiger partial charge in [0, 0.05) is 0 Å². The zero-order valence-electron chi connectivity index (χ0n) is 18.4. The predicted molar refractivity (Wildman–Crippen MR) is 131 cm³/mol. The lowest BCUT2D eigenvalue weighted by Gasteiger charge is -2.36. The summed E-state index contributed by atoms with van der Waals surface area (Å²) in [4.78, 5) is 13.7. The number of sulfonamides is 1. The molecule has 0 amide bonds. The molecule has 0 fully saturated rings. The number of ketones is 1. The van der Waals surface area contributed by atoms with Gasteiger partial charge >= 0.3 is 0 Å². The second kappa shape index (κ2) is 7.71. The topological polar surface area (TPSA) is 54.5 Å². The number of benzene rings is 3. The number of hydrogen-bond donors (Lipinski definition) is 0. The van der Waals surface area contributed by atoms with Gasteiger partial charge in [0.1, 0.15) is 5.41 Å². The Balaban J connectivity index is 1.79. The average molecular weight is 454 g/mol. The molecular weight excluding hydrogens is 430 g/mol.